The number of rotatable bonds is 4. The molecule has 0 saturated carbocycles. The van der Waals surface area contributed by atoms with Gasteiger partial charge in [0.15, 0.2) is 11.6 Å². The van der Waals surface area contributed by atoms with Crippen LogP contribution in [-0.2, 0) is 11.8 Å². The molecule has 27 heavy (non-hydrogen) atoms. The molecule has 0 spiro atoms. The molecule has 1 aliphatic heterocycles. The number of carbonyl (C=O) groups is 1. The average Bonchev–Trinajstić information content (AvgIpc) is 3.42. The van der Waals surface area contributed by atoms with E-state index < -0.39 is 0 Å². The molecule has 9 nitrogen and oxygen atoms in total. The van der Waals surface area contributed by atoms with Gasteiger partial charge in [-0.25, -0.2) is 0 Å². The summed E-state index contributed by atoms with van der Waals surface area (Å²) in [4.78, 5) is 18.6. The number of nitriles is 1. The molecular formula is C18H18N6O3. The Morgan fingerprint density at radius 3 is 2.81 bits per heavy atom. The van der Waals surface area contributed by atoms with Crippen LogP contribution in [-0.4, -0.2) is 33.8 Å². The Morgan fingerprint density at radius 2 is 2.19 bits per heavy atom. The first-order valence-electron chi connectivity index (χ1n) is 8.64. The fourth-order valence-corrected chi connectivity index (χ4v) is 3.16. The Kier molecular flexibility index (Phi) is 4.38. The van der Waals surface area contributed by atoms with Crippen LogP contribution in [0.25, 0.3) is 11.7 Å². The second-order valence-electron chi connectivity index (χ2n) is 6.39. The number of nitrogens with zero attached hydrogens (tertiary/aromatic N) is 5. The zero-order valence-corrected chi connectivity index (χ0v) is 14.8. The first-order chi connectivity index (χ1) is 13.1. The molecule has 0 aromatic carbocycles. The van der Waals surface area contributed by atoms with Gasteiger partial charge in [-0.15, -0.1) is 0 Å². The minimum absolute atomic E-state index is 0.0392. The van der Waals surface area contributed by atoms with Gasteiger partial charge in [-0.05, 0) is 25.0 Å². The van der Waals surface area contributed by atoms with Crippen molar-refractivity contribution in [3.8, 4) is 17.7 Å². The zero-order valence-electron chi connectivity index (χ0n) is 14.8. The largest absolute Gasteiger partial charge is 0.459 e. The van der Waals surface area contributed by atoms with E-state index in [9.17, 15) is 10.1 Å². The lowest BCUT2D eigenvalue weighted by Crippen LogP contribution is -2.38. The predicted octanol–water partition coefficient (Wildman–Crippen LogP) is 2.39. The van der Waals surface area contributed by atoms with Gasteiger partial charge in [-0.3, -0.25) is 9.48 Å². The van der Waals surface area contributed by atoms with Crippen LogP contribution in [0.15, 0.2) is 39.5 Å². The van der Waals surface area contributed by atoms with Gasteiger partial charge in [-0.2, -0.15) is 15.3 Å². The van der Waals surface area contributed by atoms with Gasteiger partial charge in [0.05, 0.1) is 6.26 Å². The Hall–Kier alpha value is -3.54. The fourth-order valence-electron chi connectivity index (χ4n) is 3.16. The third-order valence-electron chi connectivity index (χ3n) is 4.56. The summed E-state index contributed by atoms with van der Waals surface area (Å²) in [5.74, 6) is 1.58. The molecule has 1 N–H and O–H groups in total. The molecule has 0 radical (unpaired) electrons. The number of anilines is 2. The van der Waals surface area contributed by atoms with Crippen molar-refractivity contribution in [2.45, 2.75) is 12.8 Å². The lowest BCUT2D eigenvalue weighted by Gasteiger charge is -2.30. The maximum absolute atomic E-state index is 12.4. The van der Waals surface area contributed by atoms with Crippen molar-refractivity contribution in [1.82, 2.24) is 14.8 Å². The third-order valence-corrected chi connectivity index (χ3v) is 4.56. The normalized spacial score (nSPS) is 14.9. The number of amides is 1. The number of piperidine rings is 1. The lowest BCUT2D eigenvalue weighted by atomic mass is 9.96. The smallest absolute Gasteiger partial charge is 0.266 e. The summed E-state index contributed by atoms with van der Waals surface area (Å²) in [5, 5.41) is 16.4. The maximum atomic E-state index is 12.4. The highest BCUT2D eigenvalue weighted by molar-refractivity contribution is 5.91. The number of aryl methyl sites for hydroxylation is 1. The summed E-state index contributed by atoms with van der Waals surface area (Å²) < 4.78 is 12.7. The summed E-state index contributed by atoms with van der Waals surface area (Å²) in [6.07, 6.45) is 4.61. The Balaban J connectivity index is 1.42. The molecule has 3 aromatic heterocycles. The maximum Gasteiger partial charge on any atom is 0.266 e. The quantitative estimate of drug-likeness (QED) is 0.754. The molecule has 4 rings (SSSR count). The number of nitrogens with one attached hydrogen (secondary N) is 1. The van der Waals surface area contributed by atoms with Crippen molar-refractivity contribution in [3.05, 3.63) is 36.4 Å². The van der Waals surface area contributed by atoms with E-state index >= 15 is 0 Å². The second-order valence-corrected chi connectivity index (χ2v) is 6.39. The average molecular weight is 366 g/mol. The Labute approximate surface area is 155 Å². The van der Waals surface area contributed by atoms with Gasteiger partial charge in [0.1, 0.15) is 6.07 Å². The Bertz CT molecular complexity index is 973. The molecule has 0 bridgehead atoms. The summed E-state index contributed by atoms with van der Waals surface area (Å²) >= 11 is 0. The van der Waals surface area contributed by atoms with Crippen LogP contribution in [0, 0.1) is 17.2 Å². The van der Waals surface area contributed by atoms with Crippen molar-refractivity contribution in [2.75, 3.05) is 23.3 Å². The van der Waals surface area contributed by atoms with Crippen molar-refractivity contribution < 1.29 is 13.6 Å². The molecule has 4 heterocycles. The topological polar surface area (TPSA) is 113 Å². The highest BCUT2D eigenvalue weighted by Crippen LogP contribution is 2.31. The lowest BCUT2D eigenvalue weighted by molar-refractivity contribution is -0.120. The fraction of sp³-hybridized carbons (Fsp3) is 0.333. The molecule has 1 amide bonds. The molecule has 1 saturated heterocycles. The van der Waals surface area contributed by atoms with E-state index in [0.717, 1.165) is 0 Å². The number of hydrogen-bond donors (Lipinski definition) is 1. The minimum Gasteiger partial charge on any atom is -0.459 e. The van der Waals surface area contributed by atoms with Gasteiger partial charge in [-0.1, -0.05) is 0 Å². The Morgan fingerprint density at radius 1 is 1.37 bits per heavy atom. The molecule has 0 atom stereocenters. The van der Waals surface area contributed by atoms with E-state index in [1.807, 2.05) is 4.90 Å². The molecular weight excluding hydrogens is 348 g/mol. The first-order valence-corrected chi connectivity index (χ1v) is 8.64. The van der Waals surface area contributed by atoms with Crippen LogP contribution in [0.5, 0.6) is 0 Å². The van der Waals surface area contributed by atoms with Crippen molar-refractivity contribution in [2.24, 2.45) is 13.0 Å². The number of hydrogen-bond acceptors (Lipinski definition) is 7. The van der Waals surface area contributed by atoms with E-state index in [-0.39, 0.29) is 23.4 Å². The molecule has 1 aliphatic rings. The zero-order chi connectivity index (χ0) is 18.8. The van der Waals surface area contributed by atoms with Crippen LogP contribution in [0.4, 0.5) is 11.7 Å². The van der Waals surface area contributed by atoms with Crippen molar-refractivity contribution in [3.63, 3.8) is 0 Å². The summed E-state index contributed by atoms with van der Waals surface area (Å²) in [5.41, 5.74) is 0.220. The summed E-state index contributed by atoms with van der Waals surface area (Å²) in [7, 11) is 1.80. The number of carbonyl (C=O) groups excluding carboxylic acids is 1. The number of oxazole rings is 1. The number of aromatic nitrogens is 3. The van der Waals surface area contributed by atoms with E-state index in [2.05, 4.69) is 21.5 Å². The van der Waals surface area contributed by atoms with Gasteiger partial charge >= 0.3 is 0 Å². The van der Waals surface area contributed by atoms with Crippen molar-refractivity contribution in [1.29, 1.82) is 5.26 Å². The van der Waals surface area contributed by atoms with E-state index in [4.69, 9.17) is 8.83 Å². The van der Waals surface area contributed by atoms with Gasteiger partial charge < -0.3 is 19.1 Å². The van der Waals surface area contributed by atoms with Gasteiger partial charge in [0.2, 0.25) is 17.5 Å². The predicted molar refractivity (Wildman–Crippen MR) is 95.7 cm³/mol. The van der Waals surface area contributed by atoms with Crippen LogP contribution in [0.3, 0.4) is 0 Å². The third kappa shape index (κ3) is 3.42. The molecule has 3 aromatic rings. The molecule has 0 unspecified atom stereocenters. The standard InChI is InChI=1S/C18H18N6O3/c1-23-7-6-15(22-23)21-16(25)12-4-8-24(9-5-12)18-13(11-19)20-17(27-18)14-3-2-10-26-14/h2-3,6-7,10,12H,4-5,8-9H2,1H3,(H,21,22,25). The molecule has 1 fully saturated rings. The minimum atomic E-state index is -0.110. The van der Waals surface area contributed by atoms with Gasteiger partial charge in [0, 0.05) is 38.3 Å². The highest BCUT2D eigenvalue weighted by atomic mass is 16.4. The van der Waals surface area contributed by atoms with E-state index in [0.29, 0.717) is 43.4 Å². The molecule has 9 heteroatoms. The summed E-state index contributed by atoms with van der Waals surface area (Å²) in [6.45, 7) is 1.20. The van der Waals surface area contributed by atoms with Gasteiger partial charge in [0.25, 0.3) is 5.89 Å². The van der Waals surface area contributed by atoms with Crippen LogP contribution >= 0.6 is 0 Å². The van der Waals surface area contributed by atoms with Crippen LogP contribution in [0.2, 0.25) is 0 Å². The summed E-state index contributed by atoms with van der Waals surface area (Å²) in [6, 6.07) is 7.29. The SMILES string of the molecule is Cn1ccc(NC(=O)C2CCN(c3oc(-c4ccco4)nc3C#N)CC2)n1. The number of furan rings is 1. The first kappa shape index (κ1) is 16.9. The molecule has 138 valence electrons. The van der Waals surface area contributed by atoms with Crippen LogP contribution < -0.4 is 10.2 Å². The van der Waals surface area contributed by atoms with Crippen LogP contribution in [0.1, 0.15) is 18.5 Å². The van der Waals surface area contributed by atoms with E-state index in [1.165, 1.54) is 6.26 Å². The monoisotopic (exact) mass is 366 g/mol. The van der Waals surface area contributed by atoms with E-state index in [1.54, 1.807) is 36.1 Å². The molecule has 0 aliphatic carbocycles. The highest BCUT2D eigenvalue weighted by Gasteiger charge is 2.29. The second kappa shape index (κ2) is 6.99. The van der Waals surface area contributed by atoms with Crippen molar-refractivity contribution >= 4 is 17.6 Å².